The Morgan fingerprint density at radius 1 is 0.537 bits per heavy atom. The number of ether oxygens (including phenoxy) is 4. The molecular weight excluding hydrogens is 1050 g/mol. The second-order valence-corrected chi connectivity index (χ2v) is 18.7. The highest BCUT2D eigenvalue weighted by Crippen LogP contribution is 2.44. The van der Waals surface area contributed by atoms with Crippen LogP contribution in [0, 0.1) is 11.3 Å². The van der Waals surface area contributed by atoms with Crippen molar-refractivity contribution in [3.05, 3.63) is 177 Å². The first-order valence-corrected chi connectivity index (χ1v) is 25.6. The van der Waals surface area contributed by atoms with Gasteiger partial charge in [0, 0.05) is 66.0 Å². The van der Waals surface area contributed by atoms with Crippen LogP contribution in [0.5, 0.6) is 0 Å². The van der Waals surface area contributed by atoms with E-state index in [4.69, 9.17) is 24.2 Å². The average Bonchev–Trinajstić information content (AvgIpc) is 3.27. The van der Waals surface area contributed by atoms with Crippen LogP contribution in [0.15, 0.2) is 122 Å². The molecule has 0 unspecified atom stereocenters. The molecule has 2 aliphatic rings. The van der Waals surface area contributed by atoms with Gasteiger partial charge in [-0.25, -0.2) is 29.1 Å². The maximum absolute atomic E-state index is 13.2. The third-order valence-corrected chi connectivity index (χ3v) is 14.2. The minimum Gasteiger partial charge on any atom is -0.465 e. The van der Waals surface area contributed by atoms with E-state index in [2.05, 4.69) is 9.97 Å². The van der Waals surface area contributed by atoms with Gasteiger partial charge in [0.2, 0.25) is 0 Å². The van der Waals surface area contributed by atoms with E-state index in [0.717, 1.165) is 22.5 Å². The van der Waals surface area contributed by atoms with E-state index in [-0.39, 0.29) is 56.1 Å². The van der Waals surface area contributed by atoms with Crippen molar-refractivity contribution in [2.24, 2.45) is 0 Å². The number of pyridine rings is 2. The number of esters is 4. The van der Waals surface area contributed by atoms with Crippen molar-refractivity contribution in [2.45, 2.75) is 65.8 Å². The summed E-state index contributed by atoms with van der Waals surface area (Å²) in [5.41, 5.74) is 7.27. The first-order chi connectivity index (χ1) is 39.2. The number of nitrogens with zero attached hydrogens (tertiary/aromatic N) is 5. The summed E-state index contributed by atoms with van der Waals surface area (Å²) in [6, 6.07) is 33.8. The van der Waals surface area contributed by atoms with Crippen molar-refractivity contribution in [2.75, 3.05) is 51.3 Å². The van der Waals surface area contributed by atoms with Crippen LogP contribution in [-0.2, 0) is 45.4 Å². The third-order valence-electron chi connectivity index (χ3n) is 14.2. The number of anilines is 4. The molecule has 2 aromatic heterocycles. The van der Waals surface area contributed by atoms with Gasteiger partial charge in [0.25, 0.3) is 0 Å². The lowest BCUT2D eigenvalue weighted by molar-refractivity contribution is 0.0556. The molecule has 8 aromatic rings. The number of fused-ring (bicyclic) bond motifs is 4. The van der Waals surface area contributed by atoms with E-state index in [1.54, 1.807) is 54.9 Å². The molecule has 0 aliphatic carbocycles. The van der Waals surface area contributed by atoms with Crippen molar-refractivity contribution in [3.63, 3.8) is 0 Å². The normalized spacial score (nSPS) is 14.1. The van der Waals surface area contributed by atoms with E-state index in [9.17, 15) is 49.8 Å². The van der Waals surface area contributed by atoms with Gasteiger partial charge in [0.05, 0.1) is 95.4 Å². The molecule has 6 aromatic carbocycles. The standard InChI is InChI=1S/2C30H28N2O7.C2H3N.CH4/c2*1-38-29(36)23-12-18-11-19(15-33)20(16-34)13-22(18)27(28(23)30(37)39-2)17-7-9-31-26(14-17)32-10-8-25(35)21-5-3-4-6-24(21)32;1-2-3;/h2*3-7,9,11-14,25,33-35H,8,10,15-16H2,1-2H3;1H3;1H4/t2*25-;;/m00../s1. The summed E-state index contributed by atoms with van der Waals surface area (Å²) >= 11 is 0. The Balaban J connectivity index is 0.000000223. The maximum Gasteiger partial charge on any atom is 0.339 e. The lowest BCUT2D eigenvalue weighted by atomic mass is 9.87. The molecule has 82 heavy (non-hydrogen) atoms. The molecule has 2 aliphatic heterocycles. The van der Waals surface area contributed by atoms with E-state index in [1.165, 1.54) is 47.5 Å². The van der Waals surface area contributed by atoms with Crippen molar-refractivity contribution in [3.8, 4) is 28.3 Å². The Kier molecular flexibility index (Phi) is 19.8. The van der Waals surface area contributed by atoms with Crippen LogP contribution in [0.25, 0.3) is 43.8 Å². The third kappa shape index (κ3) is 11.8. The van der Waals surface area contributed by atoms with Crippen LogP contribution < -0.4 is 9.80 Å². The molecule has 6 N–H and O–H groups in total. The molecule has 19 heteroatoms. The number of methoxy groups -OCH3 is 4. The van der Waals surface area contributed by atoms with Gasteiger partial charge < -0.3 is 59.4 Å². The van der Waals surface area contributed by atoms with Crippen LogP contribution in [0.2, 0.25) is 0 Å². The largest absolute Gasteiger partial charge is 0.465 e. The molecule has 0 radical (unpaired) electrons. The van der Waals surface area contributed by atoms with Crippen LogP contribution in [0.3, 0.4) is 0 Å². The van der Waals surface area contributed by atoms with Crippen LogP contribution in [-0.4, -0.2) is 106 Å². The number of para-hydroxylation sites is 2. The zero-order chi connectivity index (χ0) is 58.1. The molecule has 2 atom stereocenters. The highest BCUT2D eigenvalue weighted by atomic mass is 16.5. The fourth-order valence-corrected chi connectivity index (χ4v) is 10.4. The van der Waals surface area contributed by atoms with E-state index < -0.39 is 36.1 Å². The zero-order valence-corrected chi connectivity index (χ0v) is 45.0. The number of nitriles is 1. The average molecular weight is 1110 g/mol. The van der Waals surface area contributed by atoms with Crippen molar-refractivity contribution >= 4 is 68.4 Å². The summed E-state index contributed by atoms with van der Waals surface area (Å²) in [6.45, 7) is 1.20. The van der Waals surface area contributed by atoms with E-state index in [0.29, 0.717) is 104 Å². The minimum atomic E-state index is -0.728. The van der Waals surface area contributed by atoms with Gasteiger partial charge in [0.1, 0.15) is 11.6 Å². The first-order valence-electron chi connectivity index (χ1n) is 25.6. The Morgan fingerprint density at radius 2 is 0.878 bits per heavy atom. The maximum atomic E-state index is 13.2. The highest BCUT2D eigenvalue weighted by Gasteiger charge is 2.31. The summed E-state index contributed by atoms with van der Waals surface area (Å²) in [5, 5.41) is 70.4. The summed E-state index contributed by atoms with van der Waals surface area (Å²) in [6.07, 6.45) is 3.10. The molecule has 0 saturated carbocycles. The van der Waals surface area contributed by atoms with Gasteiger partial charge in [-0.2, -0.15) is 5.26 Å². The lowest BCUT2D eigenvalue weighted by Gasteiger charge is -2.33. The van der Waals surface area contributed by atoms with Gasteiger partial charge in [-0.15, -0.1) is 0 Å². The molecule has 0 fully saturated rings. The van der Waals surface area contributed by atoms with Crippen LogP contribution >= 0.6 is 0 Å². The molecule has 0 bridgehead atoms. The smallest absolute Gasteiger partial charge is 0.339 e. The van der Waals surface area contributed by atoms with Crippen molar-refractivity contribution in [1.82, 2.24) is 9.97 Å². The van der Waals surface area contributed by atoms with Crippen LogP contribution in [0.1, 0.15) is 114 Å². The summed E-state index contributed by atoms with van der Waals surface area (Å²) < 4.78 is 20.2. The van der Waals surface area contributed by atoms with Crippen molar-refractivity contribution in [1.29, 1.82) is 5.26 Å². The zero-order valence-electron chi connectivity index (χ0n) is 45.0. The fourth-order valence-electron chi connectivity index (χ4n) is 10.4. The number of carbonyl (C=O) groups excluding carboxylic acids is 4. The summed E-state index contributed by atoms with van der Waals surface area (Å²) in [5.74, 6) is -1.71. The SMILES string of the molecule is C.CC#N.COC(=O)c1cc2cc(CO)c(CO)cc2c(-c2ccnc(N3CC[C@H](O)c4ccccc43)c2)c1C(=O)OC.COC(=O)c1cc2cc(CO)c(CO)cc2c(-c2ccnc(N3CC[C@H](O)c4ccccc43)c2)c1C(=O)OC. The second kappa shape index (κ2) is 26.9. The molecule has 10 rings (SSSR count). The predicted molar refractivity (Wildman–Crippen MR) is 307 cm³/mol. The van der Waals surface area contributed by atoms with Gasteiger partial charge in [-0.05, 0) is 141 Å². The monoisotopic (exact) mass is 1110 g/mol. The van der Waals surface area contributed by atoms with Crippen LogP contribution in [0.4, 0.5) is 23.0 Å². The number of carbonyl (C=O) groups is 4. The minimum absolute atomic E-state index is 0. The Hall–Kier alpha value is -9.13. The molecule has 4 heterocycles. The number of benzene rings is 6. The number of rotatable bonds is 12. The number of hydrogen-bond donors (Lipinski definition) is 6. The topological polar surface area (TPSA) is 283 Å². The highest BCUT2D eigenvalue weighted by molar-refractivity contribution is 6.17. The predicted octanol–water partition coefficient (Wildman–Crippen LogP) is 9.24. The molecule has 19 nitrogen and oxygen atoms in total. The Morgan fingerprint density at radius 3 is 1.22 bits per heavy atom. The molecule has 0 amide bonds. The first kappa shape index (κ1) is 60.5. The molecular formula is C63H63N5O14. The number of aliphatic hydroxyl groups is 6. The Labute approximate surface area is 473 Å². The summed E-state index contributed by atoms with van der Waals surface area (Å²) in [7, 11) is 4.93. The molecule has 0 saturated heterocycles. The number of aliphatic hydroxyl groups excluding tert-OH is 6. The molecule has 0 spiro atoms. The lowest BCUT2D eigenvalue weighted by Crippen LogP contribution is -2.27. The number of aromatic nitrogens is 2. The Bertz CT molecular complexity index is 3510. The quantitative estimate of drug-likeness (QED) is 0.0491. The van der Waals surface area contributed by atoms with Gasteiger partial charge in [-0.1, -0.05) is 43.8 Å². The fraction of sp³-hybridized carbons (Fsp3) is 0.254. The van der Waals surface area contributed by atoms with Gasteiger partial charge in [0.15, 0.2) is 0 Å². The van der Waals surface area contributed by atoms with Gasteiger partial charge in [-0.3, -0.25) is 0 Å². The van der Waals surface area contributed by atoms with E-state index in [1.807, 2.05) is 70.5 Å². The summed E-state index contributed by atoms with van der Waals surface area (Å²) in [4.78, 5) is 65.3. The molecule has 424 valence electrons. The number of hydrogen-bond acceptors (Lipinski definition) is 19. The second-order valence-electron chi connectivity index (χ2n) is 18.7. The van der Waals surface area contributed by atoms with E-state index >= 15 is 0 Å². The van der Waals surface area contributed by atoms with Crippen molar-refractivity contribution < 1.29 is 68.8 Å². The van der Waals surface area contributed by atoms with Gasteiger partial charge >= 0.3 is 23.9 Å².